The molecule has 1 unspecified atom stereocenters. The lowest BCUT2D eigenvalue weighted by atomic mass is 10.00. The number of rotatable bonds is 6. The molecular formula is C18H20ClF3N2O. The van der Waals surface area contributed by atoms with Gasteiger partial charge in [0.05, 0.1) is 17.3 Å². The molecule has 1 aromatic carbocycles. The van der Waals surface area contributed by atoms with Crippen molar-refractivity contribution in [3.05, 3.63) is 41.3 Å². The highest BCUT2D eigenvalue weighted by Gasteiger charge is 2.34. The van der Waals surface area contributed by atoms with Gasteiger partial charge < -0.3 is 4.74 Å². The van der Waals surface area contributed by atoms with E-state index in [1.165, 1.54) is 6.07 Å². The third-order valence-corrected chi connectivity index (χ3v) is 3.83. The van der Waals surface area contributed by atoms with Gasteiger partial charge in [-0.2, -0.15) is 13.2 Å². The molecule has 1 atom stereocenters. The van der Waals surface area contributed by atoms with Gasteiger partial charge in [0.25, 0.3) is 0 Å². The lowest BCUT2D eigenvalue weighted by molar-refractivity contribution is -0.144. The second-order valence-corrected chi connectivity index (χ2v) is 6.86. The molecule has 0 aliphatic carbocycles. The normalized spacial score (nSPS) is 13.1. The van der Waals surface area contributed by atoms with Crippen molar-refractivity contribution in [2.24, 2.45) is 11.8 Å². The van der Waals surface area contributed by atoms with E-state index < -0.39 is 12.0 Å². The molecule has 7 heteroatoms. The summed E-state index contributed by atoms with van der Waals surface area (Å²) in [6.07, 6.45) is -2.47. The number of nitrogens with zero attached hydrogens (tertiary/aromatic N) is 2. The Kier molecular flexibility index (Phi) is 6.27. The molecule has 0 N–H and O–H groups in total. The van der Waals surface area contributed by atoms with E-state index in [1.807, 2.05) is 0 Å². The fraction of sp³-hybridized carbons (Fsp3) is 0.444. The highest BCUT2D eigenvalue weighted by atomic mass is 35.5. The molecule has 0 saturated heterocycles. The van der Waals surface area contributed by atoms with Gasteiger partial charge in [-0.15, -0.1) is 0 Å². The van der Waals surface area contributed by atoms with Crippen LogP contribution >= 0.6 is 11.6 Å². The van der Waals surface area contributed by atoms with E-state index in [9.17, 15) is 13.2 Å². The molecule has 0 saturated carbocycles. The van der Waals surface area contributed by atoms with Crippen molar-refractivity contribution in [3.8, 4) is 17.0 Å². The summed E-state index contributed by atoms with van der Waals surface area (Å²) in [6, 6.07) is 6.24. The van der Waals surface area contributed by atoms with E-state index in [2.05, 4.69) is 30.7 Å². The van der Waals surface area contributed by atoms with Gasteiger partial charge in [0.2, 0.25) is 5.82 Å². The summed E-state index contributed by atoms with van der Waals surface area (Å²) in [4.78, 5) is 6.81. The molecular weight excluding hydrogens is 353 g/mol. The zero-order chi connectivity index (χ0) is 18.6. The summed E-state index contributed by atoms with van der Waals surface area (Å²) in [7, 11) is 0. The summed E-state index contributed by atoms with van der Waals surface area (Å²) in [5.74, 6) is 0.291. The minimum Gasteiger partial charge on any atom is -0.492 e. The van der Waals surface area contributed by atoms with Crippen molar-refractivity contribution < 1.29 is 17.9 Å². The summed E-state index contributed by atoms with van der Waals surface area (Å²) in [5, 5.41) is 0.335. The minimum atomic E-state index is -4.59. The molecule has 2 rings (SSSR count). The highest BCUT2D eigenvalue weighted by molar-refractivity contribution is 6.32. The van der Waals surface area contributed by atoms with Crippen molar-refractivity contribution in [1.29, 1.82) is 0 Å². The number of alkyl halides is 3. The van der Waals surface area contributed by atoms with Crippen LogP contribution in [0.5, 0.6) is 5.75 Å². The first kappa shape index (κ1) is 19.5. The summed E-state index contributed by atoms with van der Waals surface area (Å²) < 4.78 is 43.9. The molecule has 3 nitrogen and oxygen atoms in total. The van der Waals surface area contributed by atoms with Crippen LogP contribution < -0.4 is 4.74 Å². The van der Waals surface area contributed by atoms with Gasteiger partial charge in [-0.05, 0) is 42.5 Å². The van der Waals surface area contributed by atoms with Gasteiger partial charge in [0.15, 0.2) is 0 Å². The zero-order valence-corrected chi connectivity index (χ0v) is 15.0. The van der Waals surface area contributed by atoms with Crippen molar-refractivity contribution in [3.63, 3.8) is 0 Å². The predicted molar refractivity (Wildman–Crippen MR) is 91.6 cm³/mol. The van der Waals surface area contributed by atoms with E-state index in [-0.39, 0.29) is 5.69 Å². The highest BCUT2D eigenvalue weighted by Crippen LogP contribution is 2.32. The van der Waals surface area contributed by atoms with E-state index >= 15 is 0 Å². The lowest BCUT2D eigenvalue weighted by Crippen LogP contribution is -2.11. The Labute approximate surface area is 150 Å². The van der Waals surface area contributed by atoms with E-state index in [1.54, 1.807) is 18.2 Å². The average Bonchev–Trinajstić information content (AvgIpc) is 2.52. The van der Waals surface area contributed by atoms with Crippen LogP contribution in [-0.2, 0) is 6.18 Å². The monoisotopic (exact) mass is 372 g/mol. The molecule has 25 heavy (non-hydrogen) atoms. The van der Waals surface area contributed by atoms with Crippen molar-refractivity contribution >= 4 is 11.6 Å². The molecule has 0 amide bonds. The fourth-order valence-electron chi connectivity index (χ4n) is 2.54. The Bertz CT molecular complexity index is 720. The SMILES string of the molecule is CC(C)CC(C)COc1ccc(-c2ccnc(C(F)(F)F)n2)cc1Cl. The van der Waals surface area contributed by atoms with Crippen LogP contribution in [0, 0.1) is 11.8 Å². The molecule has 0 spiro atoms. The van der Waals surface area contributed by atoms with Crippen molar-refractivity contribution in [1.82, 2.24) is 9.97 Å². The first-order chi connectivity index (χ1) is 11.7. The molecule has 2 aromatic rings. The fourth-order valence-corrected chi connectivity index (χ4v) is 2.77. The second-order valence-electron chi connectivity index (χ2n) is 6.45. The van der Waals surface area contributed by atoms with Gasteiger partial charge in [-0.1, -0.05) is 32.4 Å². The predicted octanol–water partition coefficient (Wildman–Crippen LogP) is 5.88. The quantitative estimate of drug-likeness (QED) is 0.635. The van der Waals surface area contributed by atoms with Crippen molar-refractivity contribution in [2.45, 2.75) is 33.4 Å². The summed E-state index contributed by atoms with van der Waals surface area (Å²) >= 11 is 6.21. The van der Waals surface area contributed by atoms with Crippen LogP contribution in [0.4, 0.5) is 13.2 Å². The van der Waals surface area contributed by atoms with Gasteiger partial charge in [0.1, 0.15) is 5.75 Å². The number of aromatic nitrogens is 2. The number of hydrogen-bond acceptors (Lipinski definition) is 3. The summed E-state index contributed by atoms with van der Waals surface area (Å²) in [6.45, 7) is 6.93. The first-order valence-electron chi connectivity index (χ1n) is 7.99. The van der Waals surface area contributed by atoms with Gasteiger partial charge in [-0.3, -0.25) is 0 Å². The topological polar surface area (TPSA) is 35.0 Å². The van der Waals surface area contributed by atoms with Crippen molar-refractivity contribution in [2.75, 3.05) is 6.61 Å². The molecule has 0 aliphatic rings. The number of hydrogen-bond donors (Lipinski definition) is 0. The smallest absolute Gasteiger partial charge is 0.451 e. The van der Waals surface area contributed by atoms with Crippen LogP contribution in [0.2, 0.25) is 5.02 Å². The minimum absolute atomic E-state index is 0.156. The van der Waals surface area contributed by atoms with Crippen LogP contribution in [0.1, 0.15) is 33.0 Å². The second kappa shape index (κ2) is 8.04. The molecule has 1 heterocycles. The Morgan fingerprint density at radius 2 is 1.88 bits per heavy atom. The first-order valence-corrected chi connectivity index (χ1v) is 8.37. The molecule has 0 bridgehead atoms. The van der Waals surface area contributed by atoms with E-state index in [0.717, 1.165) is 12.6 Å². The standard InChI is InChI=1S/C18H20ClF3N2O/c1-11(2)8-12(3)10-25-16-5-4-13(9-14(16)19)15-6-7-23-17(24-15)18(20,21)22/h4-7,9,11-12H,8,10H2,1-3H3. The van der Waals surface area contributed by atoms with Gasteiger partial charge >= 0.3 is 6.18 Å². The molecule has 0 aliphatic heterocycles. The maximum absolute atomic E-state index is 12.7. The number of halogens is 4. The third-order valence-electron chi connectivity index (χ3n) is 3.53. The third kappa shape index (κ3) is 5.59. The Morgan fingerprint density at radius 1 is 1.16 bits per heavy atom. The lowest BCUT2D eigenvalue weighted by Gasteiger charge is -2.16. The van der Waals surface area contributed by atoms with Crippen LogP contribution in [0.3, 0.4) is 0 Å². The zero-order valence-electron chi connectivity index (χ0n) is 14.3. The molecule has 1 aromatic heterocycles. The maximum atomic E-state index is 12.7. The summed E-state index contributed by atoms with van der Waals surface area (Å²) in [5.41, 5.74) is 0.629. The van der Waals surface area contributed by atoms with Crippen LogP contribution in [0.25, 0.3) is 11.3 Å². The molecule has 0 radical (unpaired) electrons. The van der Waals surface area contributed by atoms with Gasteiger partial charge in [-0.25, -0.2) is 9.97 Å². The average molecular weight is 373 g/mol. The van der Waals surface area contributed by atoms with Gasteiger partial charge in [0, 0.05) is 11.8 Å². The van der Waals surface area contributed by atoms with E-state index in [4.69, 9.17) is 16.3 Å². The van der Waals surface area contributed by atoms with E-state index in [0.29, 0.717) is 34.8 Å². The Morgan fingerprint density at radius 3 is 2.48 bits per heavy atom. The Hall–Kier alpha value is -1.82. The molecule has 0 fully saturated rings. The molecule has 136 valence electrons. The van der Waals surface area contributed by atoms with Crippen LogP contribution in [-0.4, -0.2) is 16.6 Å². The Balaban J connectivity index is 2.14. The number of ether oxygens (including phenoxy) is 1. The maximum Gasteiger partial charge on any atom is 0.451 e. The number of benzene rings is 1. The van der Waals surface area contributed by atoms with Crippen LogP contribution in [0.15, 0.2) is 30.5 Å². The largest absolute Gasteiger partial charge is 0.492 e.